The van der Waals surface area contributed by atoms with Crippen molar-refractivity contribution >= 4 is 11.7 Å². The zero-order valence-electron chi connectivity index (χ0n) is 17.8. The average Bonchev–Trinajstić information content (AvgIpc) is 2.79. The Hall–Kier alpha value is -3.18. The van der Waals surface area contributed by atoms with E-state index in [4.69, 9.17) is 5.11 Å². The minimum atomic E-state index is -0.800. The fourth-order valence-corrected chi connectivity index (χ4v) is 4.38. The number of anilines is 1. The van der Waals surface area contributed by atoms with Crippen LogP contribution in [0.2, 0.25) is 0 Å². The normalized spacial score (nSPS) is 17.3. The molecule has 5 nitrogen and oxygen atoms in total. The van der Waals surface area contributed by atoms with Crippen LogP contribution >= 0.6 is 0 Å². The minimum Gasteiger partial charge on any atom is -0.481 e. The van der Waals surface area contributed by atoms with E-state index in [-0.39, 0.29) is 18.4 Å². The SMILES string of the molecule is C[C@@H](CN[C@@H](c1ccccc1)[C@H]1CNc2cccnc2C1)c1cccc(CC(=O)O)c1. The first-order valence-corrected chi connectivity index (χ1v) is 10.9. The summed E-state index contributed by atoms with van der Waals surface area (Å²) in [6, 6.07) is 22.8. The summed E-state index contributed by atoms with van der Waals surface area (Å²) in [6.45, 7) is 3.89. The Morgan fingerprint density at radius 3 is 2.74 bits per heavy atom. The van der Waals surface area contributed by atoms with Crippen LogP contribution in [0, 0.1) is 5.92 Å². The third-order valence-electron chi connectivity index (χ3n) is 6.05. The van der Waals surface area contributed by atoms with E-state index in [2.05, 4.69) is 58.9 Å². The lowest BCUT2D eigenvalue weighted by Crippen LogP contribution is -2.37. The molecule has 0 fully saturated rings. The first-order chi connectivity index (χ1) is 15.1. The second kappa shape index (κ2) is 9.75. The average molecular weight is 416 g/mol. The molecular weight excluding hydrogens is 386 g/mol. The number of rotatable bonds is 8. The number of carboxylic acid groups (broad SMARTS) is 1. The molecule has 0 unspecified atom stereocenters. The summed E-state index contributed by atoms with van der Waals surface area (Å²) >= 11 is 0. The summed E-state index contributed by atoms with van der Waals surface area (Å²) in [6.07, 6.45) is 2.85. The molecule has 3 atom stereocenters. The Morgan fingerprint density at radius 1 is 1.13 bits per heavy atom. The first-order valence-electron chi connectivity index (χ1n) is 10.9. The topological polar surface area (TPSA) is 74.2 Å². The van der Waals surface area contributed by atoms with Crippen LogP contribution in [0.1, 0.15) is 41.3 Å². The largest absolute Gasteiger partial charge is 0.481 e. The van der Waals surface area contributed by atoms with Gasteiger partial charge in [0.25, 0.3) is 0 Å². The molecule has 0 aliphatic carbocycles. The molecular formula is C26H29N3O2. The van der Waals surface area contributed by atoms with E-state index < -0.39 is 5.97 Å². The van der Waals surface area contributed by atoms with Crippen molar-refractivity contribution in [1.29, 1.82) is 0 Å². The first kappa shape index (κ1) is 21.1. The van der Waals surface area contributed by atoms with E-state index in [9.17, 15) is 4.79 Å². The molecule has 2 aromatic carbocycles. The lowest BCUT2D eigenvalue weighted by atomic mass is 9.86. The van der Waals surface area contributed by atoms with Gasteiger partial charge in [-0.05, 0) is 41.2 Å². The van der Waals surface area contributed by atoms with Crippen molar-refractivity contribution in [3.8, 4) is 0 Å². The molecule has 0 spiro atoms. The maximum Gasteiger partial charge on any atom is 0.307 e. The summed E-state index contributed by atoms with van der Waals surface area (Å²) < 4.78 is 0. The molecule has 1 aliphatic rings. The van der Waals surface area contributed by atoms with Crippen LogP contribution in [0.4, 0.5) is 5.69 Å². The van der Waals surface area contributed by atoms with Gasteiger partial charge in [-0.1, -0.05) is 61.5 Å². The van der Waals surface area contributed by atoms with Crippen molar-refractivity contribution in [2.24, 2.45) is 5.92 Å². The van der Waals surface area contributed by atoms with Crippen LogP contribution in [-0.2, 0) is 17.6 Å². The van der Waals surface area contributed by atoms with E-state index in [1.165, 1.54) is 5.56 Å². The zero-order valence-corrected chi connectivity index (χ0v) is 17.8. The second-order valence-corrected chi connectivity index (χ2v) is 8.36. The van der Waals surface area contributed by atoms with Gasteiger partial charge >= 0.3 is 5.97 Å². The standard InChI is InChI=1S/C26H29N3O2/c1-18(21-10-5-7-19(13-21)14-25(30)31)16-29-26(20-8-3-2-4-9-20)22-15-24-23(28-17-22)11-6-12-27-24/h2-13,18,22,26,28-29H,14-17H2,1H3,(H,30,31)/t18-,22+,26-/m0/s1. The number of benzene rings is 2. The van der Waals surface area contributed by atoms with Gasteiger partial charge in [-0.15, -0.1) is 0 Å². The van der Waals surface area contributed by atoms with Gasteiger partial charge in [-0.2, -0.15) is 0 Å². The molecule has 0 bridgehead atoms. The third-order valence-corrected chi connectivity index (χ3v) is 6.05. The summed E-state index contributed by atoms with van der Waals surface area (Å²) in [5.41, 5.74) is 5.54. The number of aliphatic carboxylic acids is 1. The highest BCUT2D eigenvalue weighted by atomic mass is 16.4. The van der Waals surface area contributed by atoms with Crippen molar-refractivity contribution in [3.63, 3.8) is 0 Å². The zero-order chi connectivity index (χ0) is 21.6. The molecule has 3 aromatic rings. The Morgan fingerprint density at radius 2 is 1.94 bits per heavy atom. The minimum absolute atomic E-state index is 0.0563. The van der Waals surface area contributed by atoms with Gasteiger partial charge in [0, 0.05) is 31.2 Å². The van der Waals surface area contributed by atoms with Gasteiger partial charge in [-0.25, -0.2) is 0 Å². The molecule has 31 heavy (non-hydrogen) atoms. The van der Waals surface area contributed by atoms with E-state index in [0.29, 0.717) is 5.92 Å². The number of fused-ring (bicyclic) bond motifs is 1. The predicted molar refractivity (Wildman–Crippen MR) is 123 cm³/mol. The van der Waals surface area contributed by atoms with Crippen LogP contribution in [0.25, 0.3) is 0 Å². The molecule has 0 saturated carbocycles. The van der Waals surface area contributed by atoms with Gasteiger partial charge in [0.15, 0.2) is 0 Å². The summed E-state index contributed by atoms with van der Waals surface area (Å²) in [5, 5.41) is 16.4. The van der Waals surface area contributed by atoms with Crippen molar-refractivity contribution in [2.45, 2.75) is 31.7 Å². The Labute approximate surface area is 183 Å². The molecule has 0 amide bonds. The Kier molecular flexibility index (Phi) is 6.63. The maximum atomic E-state index is 11.1. The molecule has 160 valence electrons. The number of pyridine rings is 1. The molecule has 4 rings (SSSR count). The Bertz CT molecular complexity index is 1020. The van der Waals surface area contributed by atoms with Crippen LogP contribution in [-0.4, -0.2) is 29.1 Å². The van der Waals surface area contributed by atoms with Gasteiger partial charge < -0.3 is 15.7 Å². The summed E-state index contributed by atoms with van der Waals surface area (Å²) in [7, 11) is 0. The molecule has 0 saturated heterocycles. The molecule has 1 aliphatic heterocycles. The van der Waals surface area contributed by atoms with E-state index in [1.807, 2.05) is 36.5 Å². The molecule has 0 radical (unpaired) electrons. The van der Waals surface area contributed by atoms with Gasteiger partial charge in [0.1, 0.15) is 0 Å². The number of carboxylic acids is 1. The summed E-state index contributed by atoms with van der Waals surface area (Å²) in [4.78, 5) is 15.6. The van der Waals surface area contributed by atoms with E-state index >= 15 is 0 Å². The molecule has 2 heterocycles. The summed E-state index contributed by atoms with van der Waals surface area (Å²) in [5.74, 6) is -0.150. The van der Waals surface area contributed by atoms with Crippen LogP contribution < -0.4 is 10.6 Å². The van der Waals surface area contributed by atoms with Crippen molar-refractivity contribution in [1.82, 2.24) is 10.3 Å². The molecule has 3 N–H and O–H groups in total. The van der Waals surface area contributed by atoms with Gasteiger partial charge in [0.2, 0.25) is 0 Å². The quantitative estimate of drug-likeness (QED) is 0.508. The van der Waals surface area contributed by atoms with Crippen molar-refractivity contribution in [3.05, 3.63) is 95.3 Å². The fourth-order valence-electron chi connectivity index (χ4n) is 4.38. The van der Waals surface area contributed by atoms with Gasteiger partial charge in [-0.3, -0.25) is 9.78 Å². The highest BCUT2D eigenvalue weighted by molar-refractivity contribution is 5.70. The lowest BCUT2D eigenvalue weighted by Gasteiger charge is -2.33. The number of nitrogens with one attached hydrogen (secondary N) is 2. The predicted octanol–water partition coefficient (Wildman–Crippen LogP) is 4.43. The van der Waals surface area contributed by atoms with Crippen molar-refractivity contribution in [2.75, 3.05) is 18.4 Å². The van der Waals surface area contributed by atoms with Gasteiger partial charge in [0.05, 0.1) is 17.8 Å². The third kappa shape index (κ3) is 5.30. The second-order valence-electron chi connectivity index (χ2n) is 8.36. The number of hydrogen-bond acceptors (Lipinski definition) is 4. The maximum absolute atomic E-state index is 11.1. The molecule has 5 heteroatoms. The van der Waals surface area contributed by atoms with E-state index in [0.717, 1.165) is 42.0 Å². The number of hydrogen-bond donors (Lipinski definition) is 3. The van der Waals surface area contributed by atoms with Crippen LogP contribution in [0.3, 0.4) is 0 Å². The Balaban J connectivity index is 1.49. The lowest BCUT2D eigenvalue weighted by molar-refractivity contribution is -0.136. The van der Waals surface area contributed by atoms with Crippen molar-refractivity contribution < 1.29 is 9.90 Å². The van der Waals surface area contributed by atoms with Crippen LogP contribution in [0.5, 0.6) is 0 Å². The monoisotopic (exact) mass is 415 g/mol. The smallest absolute Gasteiger partial charge is 0.307 e. The highest BCUT2D eigenvalue weighted by Gasteiger charge is 2.28. The highest BCUT2D eigenvalue weighted by Crippen LogP contribution is 2.31. The number of aromatic nitrogens is 1. The molecule has 1 aromatic heterocycles. The van der Waals surface area contributed by atoms with Crippen LogP contribution in [0.15, 0.2) is 72.9 Å². The number of carbonyl (C=O) groups is 1. The fraction of sp³-hybridized carbons (Fsp3) is 0.308. The number of nitrogens with zero attached hydrogens (tertiary/aromatic N) is 1. The van der Waals surface area contributed by atoms with E-state index in [1.54, 1.807) is 0 Å².